The van der Waals surface area contributed by atoms with E-state index in [0.29, 0.717) is 18.5 Å². The van der Waals surface area contributed by atoms with Gasteiger partial charge >= 0.3 is 5.97 Å². The van der Waals surface area contributed by atoms with E-state index in [1.54, 1.807) is 10.8 Å². The first kappa shape index (κ1) is 18.1. The molecule has 6 heteroatoms. The Kier molecular flexibility index (Phi) is 5.02. The highest BCUT2D eigenvalue weighted by Gasteiger charge is 2.35. The lowest BCUT2D eigenvalue weighted by Gasteiger charge is -2.42. The molecular formula is C19H29N3O3. The molecule has 25 heavy (non-hydrogen) atoms. The maximum atomic E-state index is 11.6. The average molecular weight is 347 g/mol. The van der Waals surface area contributed by atoms with Gasteiger partial charge in [0.2, 0.25) is 0 Å². The summed E-state index contributed by atoms with van der Waals surface area (Å²) in [4.78, 5) is 14.1. The number of aromatic nitrogens is 2. The van der Waals surface area contributed by atoms with Crippen molar-refractivity contribution >= 4 is 5.97 Å². The number of allylic oxidation sites excluding steroid dienone is 1. The van der Waals surface area contributed by atoms with Crippen molar-refractivity contribution in [1.29, 1.82) is 0 Å². The van der Waals surface area contributed by atoms with Crippen LogP contribution in [0, 0.1) is 5.92 Å². The summed E-state index contributed by atoms with van der Waals surface area (Å²) in [6.45, 7) is 10.0. The van der Waals surface area contributed by atoms with Gasteiger partial charge in [-0.25, -0.2) is 4.79 Å². The van der Waals surface area contributed by atoms with Crippen LogP contribution in [0.3, 0.4) is 0 Å². The molecule has 1 unspecified atom stereocenters. The van der Waals surface area contributed by atoms with Crippen LogP contribution >= 0.6 is 0 Å². The second-order valence-corrected chi connectivity index (χ2v) is 7.91. The minimum atomic E-state index is -0.944. The quantitative estimate of drug-likeness (QED) is 0.798. The SMILES string of the molecule is C=CCn1nc(C(=O)O)c2c1CCC(N1CCC(C(C)(C)O)CC1)C2. The molecular weight excluding hydrogens is 318 g/mol. The fraction of sp³-hybridized carbons (Fsp3) is 0.684. The second kappa shape index (κ2) is 6.92. The molecule has 0 bridgehead atoms. The van der Waals surface area contributed by atoms with E-state index in [1.165, 1.54) is 0 Å². The smallest absolute Gasteiger partial charge is 0.356 e. The van der Waals surface area contributed by atoms with Gasteiger partial charge in [-0.1, -0.05) is 6.08 Å². The summed E-state index contributed by atoms with van der Waals surface area (Å²) >= 11 is 0. The predicted octanol–water partition coefficient (Wildman–Crippen LogP) is 2.11. The third kappa shape index (κ3) is 3.65. The molecule has 0 spiro atoms. The largest absolute Gasteiger partial charge is 0.476 e. The van der Waals surface area contributed by atoms with Crippen molar-refractivity contribution in [3.8, 4) is 0 Å². The molecule has 0 amide bonds. The average Bonchev–Trinajstić information content (AvgIpc) is 2.93. The van der Waals surface area contributed by atoms with Crippen molar-refractivity contribution in [2.75, 3.05) is 13.1 Å². The molecule has 2 N–H and O–H groups in total. The molecule has 1 aromatic heterocycles. The van der Waals surface area contributed by atoms with Crippen molar-refractivity contribution in [2.45, 2.75) is 64.1 Å². The molecule has 1 aromatic rings. The first-order chi connectivity index (χ1) is 11.8. The van der Waals surface area contributed by atoms with Crippen molar-refractivity contribution in [1.82, 2.24) is 14.7 Å². The Labute approximate surface area is 149 Å². The fourth-order valence-electron chi connectivity index (χ4n) is 4.40. The number of aliphatic hydroxyl groups is 1. The maximum absolute atomic E-state index is 11.6. The van der Waals surface area contributed by atoms with Crippen LogP contribution in [-0.4, -0.2) is 55.6 Å². The van der Waals surface area contributed by atoms with Crippen molar-refractivity contribution in [2.24, 2.45) is 5.92 Å². The summed E-state index contributed by atoms with van der Waals surface area (Å²) in [6.07, 6.45) is 6.39. The Morgan fingerprint density at radius 1 is 1.36 bits per heavy atom. The number of likely N-dealkylation sites (tertiary alicyclic amines) is 1. The zero-order valence-electron chi connectivity index (χ0n) is 15.2. The molecule has 1 aliphatic carbocycles. The Morgan fingerprint density at radius 2 is 2.04 bits per heavy atom. The van der Waals surface area contributed by atoms with E-state index in [9.17, 15) is 15.0 Å². The Balaban J connectivity index is 1.73. The molecule has 1 fully saturated rings. The van der Waals surface area contributed by atoms with Crippen LogP contribution in [0.4, 0.5) is 0 Å². The number of carboxylic acid groups (broad SMARTS) is 1. The third-order valence-corrected chi connectivity index (χ3v) is 5.87. The number of rotatable bonds is 5. The number of carboxylic acids is 1. The van der Waals surface area contributed by atoms with Crippen LogP contribution in [0.5, 0.6) is 0 Å². The van der Waals surface area contributed by atoms with Crippen molar-refractivity contribution in [3.05, 3.63) is 29.6 Å². The predicted molar refractivity (Wildman–Crippen MR) is 95.8 cm³/mol. The summed E-state index contributed by atoms with van der Waals surface area (Å²) in [6, 6.07) is 0.370. The zero-order valence-corrected chi connectivity index (χ0v) is 15.2. The van der Waals surface area contributed by atoms with Gasteiger partial charge in [-0.05, 0) is 65.0 Å². The standard InChI is InChI=1S/C19H29N3O3/c1-4-9-22-16-6-5-14(12-15(16)17(20-22)18(23)24)21-10-7-13(8-11-21)19(2,3)25/h4,13-14,25H,1,5-12H2,2-3H3,(H,23,24). The van der Waals surface area contributed by atoms with Crippen LogP contribution in [0.2, 0.25) is 0 Å². The van der Waals surface area contributed by atoms with E-state index in [4.69, 9.17) is 0 Å². The van der Waals surface area contributed by atoms with Crippen molar-refractivity contribution < 1.29 is 15.0 Å². The van der Waals surface area contributed by atoms with Crippen molar-refractivity contribution in [3.63, 3.8) is 0 Å². The summed E-state index contributed by atoms with van der Waals surface area (Å²) < 4.78 is 1.79. The van der Waals surface area contributed by atoms with E-state index in [0.717, 1.165) is 56.5 Å². The van der Waals surface area contributed by atoms with Crippen LogP contribution in [-0.2, 0) is 19.4 Å². The van der Waals surface area contributed by atoms with E-state index in [1.807, 2.05) is 13.8 Å². The number of fused-ring (bicyclic) bond motifs is 1. The Morgan fingerprint density at radius 3 is 2.60 bits per heavy atom. The van der Waals surface area contributed by atoms with Gasteiger partial charge in [-0.3, -0.25) is 4.68 Å². The first-order valence-electron chi connectivity index (χ1n) is 9.20. The highest BCUT2D eigenvalue weighted by atomic mass is 16.4. The van der Waals surface area contributed by atoms with E-state index in [-0.39, 0.29) is 5.69 Å². The van der Waals surface area contributed by atoms with Crippen LogP contribution < -0.4 is 0 Å². The molecule has 2 aliphatic rings. The Hall–Kier alpha value is -1.66. The maximum Gasteiger partial charge on any atom is 0.356 e. The summed E-state index contributed by atoms with van der Waals surface area (Å²) in [5.41, 5.74) is 1.54. The van der Waals surface area contributed by atoms with Gasteiger partial charge in [0.05, 0.1) is 12.1 Å². The zero-order chi connectivity index (χ0) is 18.2. The molecule has 1 saturated heterocycles. The van der Waals surface area contributed by atoms with Gasteiger partial charge in [0.15, 0.2) is 5.69 Å². The number of hydrogen-bond donors (Lipinski definition) is 2. The number of piperidine rings is 1. The number of carbonyl (C=O) groups is 1. The van der Waals surface area contributed by atoms with E-state index in [2.05, 4.69) is 16.6 Å². The number of aromatic carboxylic acids is 1. The van der Waals surface area contributed by atoms with Crippen LogP contribution in [0.25, 0.3) is 0 Å². The van der Waals surface area contributed by atoms with Gasteiger partial charge in [-0.15, -0.1) is 6.58 Å². The lowest BCUT2D eigenvalue weighted by atomic mass is 9.81. The molecule has 0 saturated carbocycles. The monoisotopic (exact) mass is 347 g/mol. The van der Waals surface area contributed by atoms with Gasteiger partial charge < -0.3 is 15.1 Å². The number of hydrogen-bond acceptors (Lipinski definition) is 4. The summed E-state index contributed by atoms with van der Waals surface area (Å²) in [7, 11) is 0. The van der Waals surface area contributed by atoms with E-state index >= 15 is 0 Å². The molecule has 1 aliphatic heterocycles. The molecule has 3 rings (SSSR count). The minimum absolute atomic E-state index is 0.202. The van der Waals surface area contributed by atoms with Crippen LogP contribution in [0.1, 0.15) is 54.9 Å². The summed E-state index contributed by atoms with van der Waals surface area (Å²) in [5, 5.41) is 24.0. The molecule has 0 aromatic carbocycles. The lowest BCUT2D eigenvalue weighted by Crippen LogP contribution is -2.47. The molecule has 6 nitrogen and oxygen atoms in total. The minimum Gasteiger partial charge on any atom is -0.476 e. The van der Waals surface area contributed by atoms with Crippen LogP contribution in [0.15, 0.2) is 12.7 Å². The molecule has 138 valence electrons. The van der Waals surface area contributed by atoms with Gasteiger partial charge in [0.25, 0.3) is 0 Å². The van der Waals surface area contributed by atoms with Gasteiger partial charge in [-0.2, -0.15) is 5.10 Å². The Bertz CT molecular complexity index is 652. The normalized spacial score (nSPS) is 22.6. The summed E-state index contributed by atoms with van der Waals surface area (Å²) in [5.74, 6) is -0.603. The van der Waals surface area contributed by atoms with Gasteiger partial charge in [0, 0.05) is 17.3 Å². The highest BCUT2D eigenvalue weighted by Crippen LogP contribution is 2.33. The molecule has 0 radical (unpaired) electrons. The topological polar surface area (TPSA) is 78.6 Å². The lowest BCUT2D eigenvalue weighted by molar-refractivity contribution is -0.0198. The molecule has 1 atom stereocenters. The molecule has 2 heterocycles. The highest BCUT2D eigenvalue weighted by molar-refractivity contribution is 5.87. The third-order valence-electron chi connectivity index (χ3n) is 5.87. The first-order valence-corrected chi connectivity index (χ1v) is 9.20. The fourth-order valence-corrected chi connectivity index (χ4v) is 4.40. The van der Waals surface area contributed by atoms with E-state index < -0.39 is 11.6 Å². The second-order valence-electron chi connectivity index (χ2n) is 7.91. The van der Waals surface area contributed by atoms with Gasteiger partial charge in [0.1, 0.15) is 0 Å². The number of nitrogens with zero attached hydrogens (tertiary/aromatic N) is 3.